The Labute approximate surface area is 180 Å². The summed E-state index contributed by atoms with van der Waals surface area (Å²) in [5.41, 5.74) is 2.95. The maximum atomic E-state index is 12.5. The van der Waals surface area contributed by atoms with E-state index in [1.807, 2.05) is 18.4 Å². The fourth-order valence-corrected chi connectivity index (χ4v) is 3.74. The number of hydrogen-bond donors (Lipinski definition) is 0. The van der Waals surface area contributed by atoms with Gasteiger partial charge >= 0.3 is 5.97 Å². The van der Waals surface area contributed by atoms with Gasteiger partial charge in [0.2, 0.25) is 5.78 Å². The molecule has 0 saturated carbocycles. The molecule has 0 unspecified atom stereocenters. The Bertz CT molecular complexity index is 988. The summed E-state index contributed by atoms with van der Waals surface area (Å²) in [7, 11) is 1.65. The van der Waals surface area contributed by atoms with Gasteiger partial charge in [0.15, 0.2) is 6.61 Å². The van der Waals surface area contributed by atoms with E-state index in [2.05, 4.69) is 0 Å². The fraction of sp³-hybridized carbons (Fsp3) is 0.391. The summed E-state index contributed by atoms with van der Waals surface area (Å²) in [6.07, 6.45) is 0.655. The molecule has 2 heterocycles. The van der Waals surface area contributed by atoms with E-state index < -0.39 is 17.8 Å². The lowest BCUT2D eigenvalue weighted by Crippen LogP contribution is -2.32. The Hall–Kier alpha value is -3.26. The minimum Gasteiger partial charge on any atom is -0.457 e. The highest BCUT2D eigenvalue weighted by Crippen LogP contribution is 2.22. The van der Waals surface area contributed by atoms with Crippen molar-refractivity contribution in [3.05, 3.63) is 58.4 Å². The number of methoxy groups -OCH3 is 1. The van der Waals surface area contributed by atoms with Crippen molar-refractivity contribution in [2.75, 3.05) is 26.9 Å². The number of benzene rings is 1. The molecule has 0 aliphatic carbocycles. The minimum absolute atomic E-state index is 0.0899. The molecule has 0 atom stereocenters. The molecule has 31 heavy (non-hydrogen) atoms. The number of ketones is 1. The Morgan fingerprint density at radius 3 is 2.26 bits per heavy atom. The Balaban J connectivity index is 1.51. The van der Waals surface area contributed by atoms with Crippen LogP contribution in [-0.4, -0.2) is 59.9 Å². The van der Waals surface area contributed by atoms with Gasteiger partial charge in [-0.1, -0.05) is 12.1 Å². The van der Waals surface area contributed by atoms with E-state index in [1.165, 1.54) is 0 Å². The van der Waals surface area contributed by atoms with Crippen LogP contribution in [0.5, 0.6) is 0 Å². The van der Waals surface area contributed by atoms with Crippen LogP contribution in [0.1, 0.15) is 55.3 Å². The number of imide groups is 1. The van der Waals surface area contributed by atoms with Gasteiger partial charge < -0.3 is 14.0 Å². The first-order chi connectivity index (χ1) is 14.8. The molecule has 1 aliphatic rings. The first-order valence-electron chi connectivity index (χ1n) is 10.1. The first-order valence-corrected chi connectivity index (χ1v) is 10.1. The molecular weight excluding hydrogens is 400 g/mol. The number of aryl methyl sites for hydroxylation is 1. The predicted octanol–water partition coefficient (Wildman–Crippen LogP) is 2.55. The third-order valence-corrected chi connectivity index (χ3v) is 5.39. The molecule has 8 heteroatoms. The maximum absolute atomic E-state index is 12.5. The van der Waals surface area contributed by atoms with Crippen LogP contribution in [-0.2, 0) is 20.8 Å². The van der Waals surface area contributed by atoms with E-state index in [-0.39, 0.29) is 25.4 Å². The molecule has 164 valence electrons. The van der Waals surface area contributed by atoms with Crippen molar-refractivity contribution in [1.82, 2.24) is 9.47 Å². The molecule has 2 aromatic rings. The molecule has 0 N–H and O–H groups in total. The number of carbonyl (C=O) groups is 4. The summed E-state index contributed by atoms with van der Waals surface area (Å²) in [6.45, 7) is 4.67. The third kappa shape index (κ3) is 4.74. The second-order valence-electron chi connectivity index (χ2n) is 7.42. The number of rotatable bonds is 10. The van der Waals surface area contributed by atoms with Crippen molar-refractivity contribution in [2.45, 2.75) is 33.2 Å². The van der Waals surface area contributed by atoms with E-state index in [9.17, 15) is 19.2 Å². The molecule has 0 spiro atoms. The molecule has 1 aliphatic heterocycles. The predicted molar refractivity (Wildman–Crippen MR) is 112 cm³/mol. The number of nitrogens with zero attached hydrogens (tertiary/aromatic N) is 2. The molecule has 0 saturated heterocycles. The zero-order chi connectivity index (χ0) is 22.5. The highest BCUT2D eigenvalue weighted by atomic mass is 16.5. The minimum atomic E-state index is -0.640. The van der Waals surface area contributed by atoms with Crippen molar-refractivity contribution < 1.29 is 28.7 Å². The van der Waals surface area contributed by atoms with Gasteiger partial charge in [-0.25, -0.2) is 0 Å². The smallest absolute Gasteiger partial charge is 0.308 e. The van der Waals surface area contributed by atoms with Gasteiger partial charge in [-0.05, 0) is 38.5 Å². The molecule has 0 radical (unpaired) electrons. The standard InChI is InChI=1S/C23H26N2O6/c1-15-13-19(16(2)24(15)10-6-12-30-3)20(26)14-31-21(27)9-11-25-22(28)17-7-4-5-8-18(17)23(25)29/h4-5,7-8,13H,6,9-12,14H2,1-3H3. The largest absolute Gasteiger partial charge is 0.457 e. The number of hydrogen-bond acceptors (Lipinski definition) is 6. The summed E-state index contributed by atoms with van der Waals surface area (Å²) in [6, 6.07) is 8.32. The number of ether oxygens (including phenoxy) is 2. The quantitative estimate of drug-likeness (QED) is 0.251. The van der Waals surface area contributed by atoms with Crippen LogP contribution < -0.4 is 0 Å². The number of amides is 2. The SMILES string of the molecule is COCCCn1c(C)cc(C(=O)COC(=O)CCN2C(=O)c3ccccc3C2=O)c1C. The van der Waals surface area contributed by atoms with Crippen LogP contribution in [0.4, 0.5) is 0 Å². The van der Waals surface area contributed by atoms with Crippen molar-refractivity contribution in [3.8, 4) is 0 Å². The van der Waals surface area contributed by atoms with Crippen LogP contribution in [0.2, 0.25) is 0 Å². The lowest BCUT2D eigenvalue weighted by molar-refractivity contribution is -0.142. The third-order valence-electron chi connectivity index (χ3n) is 5.39. The van der Waals surface area contributed by atoms with Gasteiger partial charge in [0.1, 0.15) is 0 Å². The van der Waals surface area contributed by atoms with Crippen molar-refractivity contribution in [3.63, 3.8) is 0 Å². The van der Waals surface area contributed by atoms with E-state index in [0.717, 1.165) is 29.3 Å². The van der Waals surface area contributed by atoms with Gasteiger partial charge in [-0.3, -0.25) is 24.1 Å². The van der Waals surface area contributed by atoms with Gasteiger partial charge in [-0.2, -0.15) is 0 Å². The topological polar surface area (TPSA) is 94.9 Å². The number of carbonyl (C=O) groups excluding carboxylic acids is 4. The molecular formula is C23H26N2O6. The Kier molecular flexibility index (Phi) is 7.02. The number of Topliss-reactive ketones (excluding diaryl/α,β-unsaturated/α-hetero) is 1. The lowest BCUT2D eigenvalue weighted by Gasteiger charge is -2.13. The molecule has 2 amide bonds. The average molecular weight is 426 g/mol. The summed E-state index contributed by atoms with van der Waals surface area (Å²) in [5.74, 6) is -1.78. The average Bonchev–Trinajstić information content (AvgIpc) is 3.18. The fourth-order valence-electron chi connectivity index (χ4n) is 3.74. The van der Waals surface area contributed by atoms with Crippen molar-refractivity contribution >= 4 is 23.6 Å². The molecule has 3 rings (SSSR count). The maximum Gasteiger partial charge on any atom is 0.308 e. The van der Waals surface area contributed by atoms with Gasteiger partial charge in [0.05, 0.1) is 17.5 Å². The summed E-state index contributed by atoms with van der Waals surface area (Å²) < 4.78 is 12.2. The first kappa shape index (κ1) is 22.4. The number of esters is 1. The second kappa shape index (κ2) is 9.70. The van der Waals surface area contributed by atoms with E-state index in [1.54, 1.807) is 37.4 Å². The summed E-state index contributed by atoms with van der Waals surface area (Å²) in [4.78, 5) is 50.3. The monoisotopic (exact) mass is 426 g/mol. The molecule has 0 fully saturated rings. The normalized spacial score (nSPS) is 12.9. The summed E-state index contributed by atoms with van der Waals surface area (Å²) in [5, 5.41) is 0. The zero-order valence-corrected chi connectivity index (χ0v) is 18.0. The van der Waals surface area contributed by atoms with E-state index in [0.29, 0.717) is 23.3 Å². The second-order valence-corrected chi connectivity index (χ2v) is 7.42. The highest BCUT2D eigenvalue weighted by molar-refractivity contribution is 6.21. The summed E-state index contributed by atoms with van der Waals surface area (Å²) >= 11 is 0. The van der Waals surface area contributed by atoms with Crippen LogP contribution in [0.25, 0.3) is 0 Å². The highest BCUT2D eigenvalue weighted by Gasteiger charge is 2.35. The van der Waals surface area contributed by atoms with Crippen molar-refractivity contribution in [2.24, 2.45) is 0 Å². The Morgan fingerprint density at radius 1 is 1.00 bits per heavy atom. The lowest BCUT2D eigenvalue weighted by atomic mass is 10.1. The molecule has 0 bridgehead atoms. The van der Waals surface area contributed by atoms with Gasteiger partial charge in [0.25, 0.3) is 11.8 Å². The van der Waals surface area contributed by atoms with E-state index in [4.69, 9.17) is 9.47 Å². The van der Waals surface area contributed by atoms with Gasteiger partial charge in [0, 0.05) is 43.8 Å². The van der Waals surface area contributed by atoms with Crippen LogP contribution in [0.3, 0.4) is 0 Å². The number of aromatic nitrogens is 1. The number of fused-ring (bicyclic) bond motifs is 1. The van der Waals surface area contributed by atoms with E-state index >= 15 is 0 Å². The Morgan fingerprint density at radius 2 is 1.65 bits per heavy atom. The van der Waals surface area contributed by atoms with Crippen LogP contribution >= 0.6 is 0 Å². The molecule has 8 nitrogen and oxygen atoms in total. The van der Waals surface area contributed by atoms with Crippen LogP contribution in [0, 0.1) is 13.8 Å². The van der Waals surface area contributed by atoms with Crippen LogP contribution in [0.15, 0.2) is 30.3 Å². The molecule has 1 aromatic carbocycles. The van der Waals surface area contributed by atoms with Gasteiger partial charge in [-0.15, -0.1) is 0 Å². The molecule has 1 aromatic heterocycles. The van der Waals surface area contributed by atoms with Crippen molar-refractivity contribution in [1.29, 1.82) is 0 Å². The zero-order valence-electron chi connectivity index (χ0n) is 18.0.